The van der Waals surface area contributed by atoms with Crippen molar-refractivity contribution >= 4 is 40.5 Å². The van der Waals surface area contributed by atoms with Crippen molar-refractivity contribution in [1.29, 1.82) is 5.41 Å². The molecule has 1 aliphatic rings. The topological polar surface area (TPSA) is 91.2 Å². The second kappa shape index (κ2) is 8.14. The average molecular weight is 402 g/mol. The Morgan fingerprint density at radius 3 is 2.89 bits per heavy atom. The third-order valence-corrected chi connectivity index (χ3v) is 4.52. The fourth-order valence-electron chi connectivity index (χ4n) is 2.94. The summed E-state index contributed by atoms with van der Waals surface area (Å²) in [5, 5.41) is 11.4. The van der Waals surface area contributed by atoms with Crippen LogP contribution in [0.25, 0.3) is 16.6 Å². The van der Waals surface area contributed by atoms with Gasteiger partial charge in [0.2, 0.25) is 0 Å². The Balaban J connectivity index is 1.67. The van der Waals surface area contributed by atoms with Crippen molar-refractivity contribution in [3.05, 3.63) is 41.3 Å². The lowest BCUT2D eigenvalue weighted by atomic mass is 10.1. The summed E-state index contributed by atoms with van der Waals surface area (Å²) >= 11 is 5.96. The Bertz CT molecular complexity index is 922. The van der Waals surface area contributed by atoms with Gasteiger partial charge in [-0.15, -0.1) is 0 Å². The Labute approximate surface area is 169 Å². The highest BCUT2D eigenvalue weighted by atomic mass is 35.5. The fraction of sp³-hybridized carbons (Fsp3) is 0.400. The van der Waals surface area contributed by atoms with E-state index in [0.29, 0.717) is 29.3 Å². The number of ether oxygens (including phenoxy) is 1. The van der Waals surface area contributed by atoms with Crippen molar-refractivity contribution in [3.63, 3.8) is 0 Å². The van der Waals surface area contributed by atoms with Gasteiger partial charge in [-0.25, -0.2) is 9.78 Å². The van der Waals surface area contributed by atoms with Crippen LogP contribution in [0.3, 0.4) is 0 Å². The molecule has 2 N–H and O–H groups in total. The molecule has 1 amide bonds. The molecule has 0 aliphatic carbocycles. The first kappa shape index (κ1) is 20.1. The number of carbonyl (C=O) groups is 1. The highest BCUT2D eigenvalue weighted by molar-refractivity contribution is 6.29. The number of amides is 1. The molecule has 2 aromatic heterocycles. The predicted octanol–water partition coefficient (Wildman–Crippen LogP) is 3.87. The summed E-state index contributed by atoms with van der Waals surface area (Å²) in [6.45, 7) is 6.77. The van der Waals surface area contributed by atoms with E-state index >= 15 is 0 Å². The van der Waals surface area contributed by atoms with Crippen LogP contribution in [0.5, 0.6) is 0 Å². The van der Waals surface area contributed by atoms with Gasteiger partial charge in [0.25, 0.3) is 0 Å². The van der Waals surface area contributed by atoms with Gasteiger partial charge in [-0.3, -0.25) is 4.98 Å². The molecule has 3 rings (SSSR count). The normalized spacial score (nSPS) is 17.6. The SMILES string of the molecule is CC(C)(C)OC(=O)N1CCC(N/C=C(\C=N)c2cnc3ccc(Cl)nc3c2)C1. The molecule has 2 aromatic rings. The van der Waals surface area contributed by atoms with Gasteiger partial charge in [-0.1, -0.05) is 11.6 Å². The quantitative estimate of drug-likeness (QED) is 0.599. The largest absolute Gasteiger partial charge is 0.444 e. The minimum absolute atomic E-state index is 0.100. The van der Waals surface area contributed by atoms with E-state index in [1.54, 1.807) is 23.4 Å². The molecular formula is C20H24ClN5O2. The van der Waals surface area contributed by atoms with Crippen LogP contribution in [-0.2, 0) is 4.74 Å². The molecule has 8 heteroatoms. The van der Waals surface area contributed by atoms with Crippen molar-refractivity contribution in [1.82, 2.24) is 20.2 Å². The molecule has 7 nitrogen and oxygen atoms in total. The molecule has 0 saturated carbocycles. The molecule has 0 bridgehead atoms. The number of hydrogen-bond acceptors (Lipinski definition) is 6. The molecule has 0 aromatic carbocycles. The molecule has 1 atom stereocenters. The number of aromatic nitrogens is 2. The lowest BCUT2D eigenvalue weighted by Gasteiger charge is -2.24. The summed E-state index contributed by atoms with van der Waals surface area (Å²) in [7, 11) is 0. The van der Waals surface area contributed by atoms with Gasteiger partial charge < -0.3 is 20.4 Å². The van der Waals surface area contributed by atoms with E-state index in [2.05, 4.69) is 15.3 Å². The Kier molecular flexibility index (Phi) is 5.84. The maximum absolute atomic E-state index is 12.2. The minimum Gasteiger partial charge on any atom is -0.444 e. The summed E-state index contributed by atoms with van der Waals surface area (Å²) in [6, 6.07) is 5.46. The summed E-state index contributed by atoms with van der Waals surface area (Å²) < 4.78 is 5.42. The highest BCUT2D eigenvalue weighted by Gasteiger charge is 2.29. The first-order chi connectivity index (χ1) is 13.2. The second-order valence-corrected chi connectivity index (χ2v) is 8.11. The zero-order valence-corrected chi connectivity index (χ0v) is 17.0. The average Bonchev–Trinajstić information content (AvgIpc) is 3.09. The smallest absolute Gasteiger partial charge is 0.410 e. The zero-order chi connectivity index (χ0) is 20.3. The monoisotopic (exact) mass is 401 g/mol. The molecule has 148 valence electrons. The number of carbonyl (C=O) groups excluding carboxylic acids is 1. The van der Waals surface area contributed by atoms with E-state index in [0.717, 1.165) is 17.5 Å². The summed E-state index contributed by atoms with van der Waals surface area (Å²) in [6.07, 6.45) is 5.27. The van der Waals surface area contributed by atoms with Crippen molar-refractivity contribution in [2.75, 3.05) is 13.1 Å². The molecule has 1 saturated heterocycles. The van der Waals surface area contributed by atoms with Crippen molar-refractivity contribution in [3.8, 4) is 0 Å². The molecule has 0 radical (unpaired) electrons. The zero-order valence-electron chi connectivity index (χ0n) is 16.2. The van der Waals surface area contributed by atoms with Crippen LogP contribution in [0, 0.1) is 5.41 Å². The van der Waals surface area contributed by atoms with E-state index in [1.807, 2.05) is 32.9 Å². The molecule has 1 aliphatic heterocycles. The fourth-order valence-corrected chi connectivity index (χ4v) is 3.10. The van der Waals surface area contributed by atoms with E-state index in [1.165, 1.54) is 6.21 Å². The Hall–Kier alpha value is -2.67. The number of nitrogens with one attached hydrogen (secondary N) is 2. The molecule has 1 fully saturated rings. The van der Waals surface area contributed by atoms with Crippen LogP contribution in [0.15, 0.2) is 30.6 Å². The van der Waals surface area contributed by atoms with E-state index in [9.17, 15) is 4.79 Å². The van der Waals surface area contributed by atoms with Crippen molar-refractivity contribution in [2.45, 2.75) is 38.8 Å². The summed E-state index contributed by atoms with van der Waals surface area (Å²) in [4.78, 5) is 22.5. The van der Waals surface area contributed by atoms with E-state index in [-0.39, 0.29) is 12.1 Å². The van der Waals surface area contributed by atoms with Crippen LogP contribution < -0.4 is 5.32 Å². The van der Waals surface area contributed by atoms with Crippen molar-refractivity contribution in [2.24, 2.45) is 0 Å². The summed E-state index contributed by atoms with van der Waals surface area (Å²) in [5.74, 6) is 0. The Morgan fingerprint density at radius 1 is 1.39 bits per heavy atom. The maximum Gasteiger partial charge on any atom is 0.410 e. The number of allylic oxidation sites excluding steroid dienone is 1. The summed E-state index contributed by atoms with van der Waals surface area (Å²) in [5.41, 5.74) is 2.36. The third kappa shape index (κ3) is 4.98. The second-order valence-electron chi connectivity index (χ2n) is 7.72. The number of likely N-dealkylation sites (tertiary alicyclic amines) is 1. The van der Waals surface area contributed by atoms with Crippen LogP contribution in [0.4, 0.5) is 4.79 Å². The maximum atomic E-state index is 12.2. The number of nitrogens with zero attached hydrogens (tertiary/aromatic N) is 3. The lowest BCUT2D eigenvalue weighted by Crippen LogP contribution is -2.37. The number of hydrogen-bond donors (Lipinski definition) is 2. The first-order valence-corrected chi connectivity index (χ1v) is 9.50. The van der Waals surface area contributed by atoms with Crippen LogP contribution in [-0.4, -0.2) is 51.9 Å². The van der Waals surface area contributed by atoms with Gasteiger partial charge in [0.05, 0.1) is 11.0 Å². The molecule has 0 spiro atoms. The number of fused-ring (bicyclic) bond motifs is 1. The van der Waals surface area contributed by atoms with Gasteiger partial charge in [0.1, 0.15) is 10.8 Å². The van der Waals surface area contributed by atoms with Gasteiger partial charge in [-0.05, 0) is 45.4 Å². The van der Waals surface area contributed by atoms with Gasteiger partial charge >= 0.3 is 6.09 Å². The molecular weight excluding hydrogens is 378 g/mol. The predicted molar refractivity (Wildman–Crippen MR) is 111 cm³/mol. The minimum atomic E-state index is -0.504. The van der Waals surface area contributed by atoms with Crippen LogP contribution >= 0.6 is 11.6 Å². The van der Waals surface area contributed by atoms with Gasteiger partial charge in [0.15, 0.2) is 0 Å². The Morgan fingerprint density at radius 2 is 2.18 bits per heavy atom. The molecule has 1 unspecified atom stereocenters. The molecule has 28 heavy (non-hydrogen) atoms. The number of rotatable bonds is 4. The van der Waals surface area contributed by atoms with Crippen molar-refractivity contribution < 1.29 is 9.53 Å². The number of pyridine rings is 2. The van der Waals surface area contributed by atoms with Gasteiger partial charge in [0, 0.05) is 48.9 Å². The third-order valence-electron chi connectivity index (χ3n) is 4.31. The lowest BCUT2D eigenvalue weighted by molar-refractivity contribution is 0.0291. The van der Waals surface area contributed by atoms with Crippen LogP contribution in [0.1, 0.15) is 32.8 Å². The van der Waals surface area contributed by atoms with E-state index < -0.39 is 5.60 Å². The molecule has 3 heterocycles. The standard InChI is InChI=1S/C20H24ClN5O2/c1-20(2,3)28-19(27)26-7-6-15(12-26)23-11-14(9-22)13-8-17-16(24-10-13)4-5-18(21)25-17/h4-5,8-11,15,22-23H,6-7,12H2,1-3H3/b14-11+,22-9?. The van der Waals surface area contributed by atoms with Crippen LogP contribution in [0.2, 0.25) is 5.15 Å². The first-order valence-electron chi connectivity index (χ1n) is 9.12. The van der Waals surface area contributed by atoms with Gasteiger partial charge in [-0.2, -0.15) is 0 Å². The highest BCUT2D eigenvalue weighted by Crippen LogP contribution is 2.19. The number of halogens is 1. The van der Waals surface area contributed by atoms with E-state index in [4.69, 9.17) is 21.7 Å².